The van der Waals surface area contributed by atoms with E-state index in [1.54, 1.807) is 6.07 Å². The quantitative estimate of drug-likeness (QED) is 0.806. The average Bonchev–Trinajstić information content (AvgIpc) is 2.55. The van der Waals surface area contributed by atoms with Gasteiger partial charge in [0.15, 0.2) is 0 Å². The molecule has 0 amide bonds. The van der Waals surface area contributed by atoms with E-state index in [0.717, 1.165) is 0 Å². The Morgan fingerprint density at radius 2 is 2.24 bits per heavy atom. The maximum absolute atomic E-state index is 13.1. The van der Waals surface area contributed by atoms with Gasteiger partial charge in [0.05, 0.1) is 0 Å². The SMILES string of the molecule is C/C(=C\c1c(Cl)[nH]c2ccc(F)cc12)C(=O)O. The summed E-state index contributed by atoms with van der Waals surface area (Å²) in [5, 5.41) is 9.67. The monoisotopic (exact) mass is 253 g/mol. The number of carboxylic acid groups (broad SMARTS) is 1. The Morgan fingerprint density at radius 3 is 2.88 bits per heavy atom. The number of aliphatic carboxylic acids is 1. The third-order valence-corrected chi connectivity index (χ3v) is 2.75. The lowest BCUT2D eigenvalue weighted by atomic mass is 10.1. The number of halogens is 2. The molecular weight excluding hydrogens is 245 g/mol. The highest BCUT2D eigenvalue weighted by Gasteiger charge is 2.10. The lowest BCUT2D eigenvalue weighted by molar-refractivity contribution is -0.132. The van der Waals surface area contributed by atoms with Crippen LogP contribution in [0.5, 0.6) is 0 Å². The number of carbonyl (C=O) groups is 1. The van der Waals surface area contributed by atoms with Crippen LogP contribution in [0, 0.1) is 5.82 Å². The second-order valence-electron chi connectivity index (χ2n) is 3.68. The minimum absolute atomic E-state index is 0.136. The summed E-state index contributed by atoms with van der Waals surface area (Å²) in [4.78, 5) is 13.6. The first kappa shape index (κ1) is 11.7. The summed E-state index contributed by atoms with van der Waals surface area (Å²) < 4.78 is 13.1. The summed E-state index contributed by atoms with van der Waals surface area (Å²) in [5.41, 5.74) is 1.29. The molecule has 0 saturated carbocycles. The lowest BCUT2D eigenvalue weighted by Gasteiger charge is -1.95. The van der Waals surface area contributed by atoms with Crippen molar-refractivity contribution in [2.45, 2.75) is 6.92 Å². The van der Waals surface area contributed by atoms with Crippen LogP contribution in [0.1, 0.15) is 12.5 Å². The Morgan fingerprint density at radius 1 is 1.53 bits per heavy atom. The molecule has 1 aromatic heterocycles. The molecule has 0 aliphatic rings. The van der Waals surface area contributed by atoms with Gasteiger partial charge in [0.2, 0.25) is 0 Å². The van der Waals surface area contributed by atoms with Crippen molar-refractivity contribution in [3.05, 3.63) is 40.3 Å². The summed E-state index contributed by atoms with van der Waals surface area (Å²) in [6.07, 6.45) is 1.42. The van der Waals surface area contributed by atoms with Gasteiger partial charge in [-0.1, -0.05) is 11.6 Å². The molecule has 2 rings (SSSR count). The van der Waals surface area contributed by atoms with E-state index >= 15 is 0 Å². The third-order valence-electron chi connectivity index (χ3n) is 2.45. The van der Waals surface area contributed by atoms with Crippen LogP contribution in [-0.2, 0) is 4.79 Å². The Bertz CT molecular complexity index is 631. The van der Waals surface area contributed by atoms with Crippen LogP contribution >= 0.6 is 11.6 Å². The van der Waals surface area contributed by atoms with Crippen LogP contribution in [0.2, 0.25) is 5.15 Å². The minimum atomic E-state index is -1.04. The van der Waals surface area contributed by atoms with Crippen molar-refractivity contribution in [1.29, 1.82) is 0 Å². The van der Waals surface area contributed by atoms with Crippen LogP contribution in [-0.4, -0.2) is 16.1 Å². The number of fused-ring (bicyclic) bond motifs is 1. The molecule has 2 N–H and O–H groups in total. The molecule has 0 atom stereocenters. The molecule has 5 heteroatoms. The van der Waals surface area contributed by atoms with Gasteiger partial charge in [-0.15, -0.1) is 0 Å². The molecule has 1 aromatic carbocycles. The number of aromatic nitrogens is 1. The van der Waals surface area contributed by atoms with Crippen molar-refractivity contribution < 1.29 is 14.3 Å². The summed E-state index contributed by atoms with van der Waals surface area (Å²) in [6, 6.07) is 4.19. The smallest absolute Gasteiger partial charge is 0.331 e. The predicted octanol–water partition coefficient (Wildman–Crippen LogP) is 3.45. The normalized spacial score (nSPS) is 12.1. The van der Waals surface area contributed by atoms with Crippen LogP contribution in [0.15, 0.2) is 23.8 Å². The van der Waals surface area contributed by atoms with Crippen LogP contribution < -0.4 is 0 Å². The van der Waals surface area contributed by atoms with Crippen molar-refractivity contribution in [3.8, 4) is 0 Å². The van der Waals surface area contributed by atoms with E-state index in [1.807, 2.05) is 0 Å². The molecule has 0 fully saturated rings. The third kappa shape index (κ3) is 2.17. The maximum atomic E-state index is 13.1. The largest absolute Gasteiger partial charge is 0.478 e. The lowest BCUT2D eigenvalue weighted by Crippen LogP contribution is -1.95. The summed E-state index contributed by atoms with van der Waals surface area (Å²) in [5.74, 6) is -1.43. The van der Waals surface area contributed by atoms with E-state index in [-0.39, 0.29) is 5.57 Å². The second kappa shape index (κ2) is 4.22. The van der Waals surface area contributed by atoms with E-state index in [4.69, 9.17) is 16.7 Å². The highest BCUT2D eigenvalue weighted by molar-refractivity contribution is 6.32. The molecule has 0 bridgehead atoms. The van der Waals surface area contributed by atoms with Crippen molar-refractivity contribution >= 4 is 34.5 Å². The van der Waals surface area contributed by atoms with Gasteiger partial charge in [-0.2, -0.15) is 0 Å². The van der Waals surface area contributed by atoms with Gasteiger partial charge in [0.25, 0.3) is 0 Å². The molecule has 0 saturated heterocycles. The zero-order valence-corrected chi connectivity index (χ0v) is 9.68. The van der Waals surface area contributed by atoms with E-state index < -0.39 is 11.8 Å². The number of hydrogen-bond acceptors (Lipinski definition) is 1. The number of benzene rings is 1. The number of hydrogen-bond donors (Lipinski definition) is 2. The average molecular weight is 254 g/mol. The van der Waals surface area contributed by atoms with Crippen molar-refractivity contribution in [3.63, 3.8) is 0 Å². The molecule has 17 heavy (non-hydrogen) atoms. The standard InChI is InChI=1S/C12H9ClFNO2/c1-6(12(16)17)4-9-8-5-7(14)2-3-10(8)15-11(9)13/h2-5,15H,1H3,(H,16,17)/b6-4+. The Balaban J connectivity index is 2.68. The maximum Gasteiger partial charge on any atom is 0.331 e. The van der Waals surface area contributed by atoms with Gasteiger partial charge in [-0.25, -0.2) is 9.18 Å². The fourth-order valence-electron chi connectivity index (χ4n) is 1.57. The van der Waals surface area contributed by atoms with E-state index in [9.17, 15) is 9.18 Å². The Labute approximate surface area is 102 Å². The Kier molecular flexibility index (Phi) is 2.90. The van der Waals surface area contributed by atoms with Gasteiger partial charge in [-0.05, 0) is 31.2 Å². The molecule has 1 heterocycles. The van der Waals surface area contributed by atoms with Crippen LogP contribution in [0.4, 0.5) is 4.39 Å². The highest BCUT2D eigenvalue weighted by Crippen LogP contribution is 2.28. The molecule has 0 radical (unpaired) electrons. The van der Waals surface area contributed by atoms with Crippen molar-refractivity contribution in [1.82, 2.24) is 4.98 Å². The fourth-order valence-corrected chi connectivity index (χ4v) is 1.83. The second-order valence-corrected chi connectivity index (χ2v) is 4.05. The van der Waals surface area contributed by atoms with Gasteiger partial charge >= 0.3 is 5.97 Å². The highest BCUT2D eigenvalue weighted by atomic mass is 35.5. The van der Waals surface area contributed by atoms with Gasteiger partial charge < -0.3 is 10.1 Å². The topological polar surface area (TPSA) is 53.1 Å². The summed E-state index contributed by atoms with van der Waals surface area (Å²) in [7, 11) is 0. The molecular formula is C12H9ClFNO2. The number of nitrogens with one attached hydrogen (secondary N) is 1. The molecule has 3 nitrogen and oxygen atoms in total. The zero-order valence-electron chi connectivity index (χ0n) is 8.92. The first-order chi connectivity index (χ1) is 7.99. The van der Waals surface area contributed by atoms with Crippen LogP contribution in [0.25, 0.3) is 17.0 Å². The summed E-state index contributed by atoms with van der Waals surface area (Å²) >= 11 is 5.95. The molecule has 2 aromatic rings. The summed E-state index contributed by atoms with van der Waals surface area (Å²) in [6.45, 7) is 1.46. The van der Waals surface area contributed by atoms with Gasteiger partial charge in [0, 0.05) is 22.0 Å². The number of carboxylic acids is 1. The predicted molar refractivity (Wildman–Crippen MR) is 64.6 cm³/mol. The first-order valence-electron chi connectivity index (χ1n) is 4.87. The number of H-pyrrole nitrogens is 1. The number of rotatable bonds is 2. The van der Waals surface area contributed by atoms with E-state index in [1.165, 1.54) is 25.1 Å². The molecule has 0 spiro atoms. The molecule has 0 unspecified atom stereocenters. The van der Waals surface area contributed by atoms with Gasteiger partial charge in [-0.3, -0.25) is 0 Å². The van der Waals surface area contributed by atoms with Gasteiger partial charge in [0.1, 0.15) is 11.0 Å². The van der Waals surface area contributed by atoms with Crippen molar-refractivity contribution in [2.75, 3.05) is 0 Å². The molecule has 0 aliphatic heterocycles. The molecule has 88 valence electrons. The van der Waals surface area contributed by atoms with E-state index in [0.29, 0.717) is 21.6 Å². The van der Waals surface area contributed by atoms with Crippen LogP contribution in [0.3, 0.4) is 0 Å². The van der Waals surface area contributed by atoms with Crippen molar-refractivity contribution in [2.24, 2.45) is 0 Å². The fraction of sp³-hybridized carbons (Fsp3) is 0.0833. The van der Waals surface area contributed by atoms with E-state index in [2.05, 4.69) is 4.98 Å². The number of aromatic amines is 1. The first-order valence-corrected chi connectivity index (χ1v) is 5.25. The Hall–Kier alpha value is -1.81. The molecule has 0 aliphatic carbocycles. The zero-order chi connectivity index (χ0) is 12.6. The minimum Gasteiger partial charge on any atom is -0.478 e.